The van der Waals surface area contributed by atoms with E-state index in [1.807, 2.05) is 12.1 Å². The lowest BCUT2D eigenvalue weighted by molar-refractivity contribution is 0.0986. The van der Waals surface area contributed by atoms with E-state index >= 15 is 0 Å². The number of aryl methyl sites for hydroxylation is 1. The van der Waals surface area contributed by atoms with Gasteiger partial charge in [0.25, 0.3) is 0 Å². The molecule has 0 heterocycles. The molecule has 1 N–H and O–H groups in total. The fourth-order valence-corrected chi connectivity index (χ4v) is 4.99. The first-order valence-corrected chi connectivity index (χ1v) is 8.47. The molecule has 3 atom stereocenters. The number of fused-ring (bicyclic) bond motifs is 3. The zero-order valence-corrected chi connectivity index (χ0v) is 13.0. The minimum Gasteiger partial charge on any atom is -0.508 e. The van der Waals surface area contributed by atoms with Gasteiger partial charge in [-0.2, -0.15) is 0 Å². The summed E-state index contributed by atoms with van der Waals surface area (Å²) < 4.78 is 0. The van der Waals surface area contributed by atoms with E-state index in [4.69, 9.17) is 0 Å². The molecule has 0 aliphatic heterocycles. The van der Waals surface area contributed by atoms with E-state index in [0.29, 0.717) is 11.2 Å². The van der Waals surface area contributed by atoms with Crippen LogP contribution in [0.2, 0.25) is 0 Å². The van der Waals surface area contributed by atoms with Crippen molar-refractivity contribution in [2.75, 3.05) is 0 Å². The molecule has 0 bridgehead atoms. The summed E-state index contributed by atoms with van der Waals surface area (Å²) in [5.41, 5.74) is 3.30. The minimum absolute atomic E-state index is 0.359. The Balaban J connectivity index is 1.92. The van der Waals surface area contributed by atoms with Gasteiger partial charge in [0, 0.05) is 0 Å². The summed E-state index contributed by atoms with van der Waals surface area (Å²) in [6, 6.07) is 6.10. The van der Waals surface area contributed by atoms with E-state index in [1.54, 1.807) is 0 Å². The first-order chi connectivity index (χ1) is 9.65. The van der Waals surface area contributed by atoms with E-state index in [1.165, 1.54) is 56.1 Å². The first-order valence-electron chi connectivity index (χ1n) is 8.47. The molecule has 0 spiro atoms. The highest BCUT2D eigenvalue weighted by atomic mass is 16.3. The summed E-state index contributed by atoms with van der Waals surface area (Å²) in [6.07, 6.45) is 10.8. The molecule has 1 heteroatoms. The number of aromatic hydroxyl groups is 1. The van der Waals surface area contributed by atoms with Crippen LogP contribution in [0.1, 0.15) is 69.9 Å². The molecule has 2 aliphatic carbocycles. The highest BCUT2D eigenvalue weighted by molar-refractivity contribution is 5.42. The van der Waals surface area contributed by atoms with Gasteiger partial charge in [0.05, 0.1) is 0 Å². The number of phenolic OH excluding ortho intramolecular Hbond substituents is 1. The lowest BCUT2D eigenvalue weighted by Gasteiger charge is -2.50. The lowest BCUT2D eigenvalue weighted by atomic mass is 9.54. The second-order valence-corrected chi connectivity index (χ2v) is 7.20. The van der Waals surface area contributed by atoms with Crippen LogP contribution in [0.4, 0.5) is 0 Å². The molecule has 0 amide bonds. The van der Waals surface area contributed by atoms with Crippen molar-refractivity contribution in [2.45, 2.75) is 70.6 Å². The van der Waals surface area contributed by atoms with Crippen molar-refractivity contribution in [3.8, 4) is 5.75 Å². The van der Waals surface area contributed by atoms with Crippen molar-refractivity contribution in [2.24, 2.45) is 11.8 Å². The Hall–Kier alpha value is -0.980. The molecule has 0 aromatic heterocycles. The van der Waals surface area contributed by atoms with Crippen molar-refractivity contribution < 1.29 is 5.11 Å². The molecule has 2 aliphatic rings. The van der Waals surface area contributed by atoms with Crippen LogP contribution in [0.25, 0.3) is 0 Å². The van der Waals surface area contributed by atoms with Gasteiger partial charge >= 0.3 is 0 Å². The Morgan fingerprint density at radius 1 is 1.30 bits per heavy atom. The van der Waals surface area contributed by atoms with Crippen LogP contribution < -0.4 is 0 Å². The SMILES string of the molecule is CCCC[C@H]1CCCC2(C)c3ccc(O)cc3CC[C@H]12. The monoisotopic (exact) mass is 272 g/mol. The quantitative estimate of drug-likeness (QED) is 0.801. The van der Waals surface area contributed by atoms with Gasteiger partial charge in [-0.15, -0.1) is 0 Å². The number of hydrogen-bond acceptors (Lipinski definition) is 1. The van der Waals surface area contributed by atoms with Gasteiger partial charge in [0.1, 0.15) is 5.75 Å². The minimum atomic E-state index is 0.359. The van der Waals surface area contributed by atoms with Gasteiger partial charge in [-0.1, -0.05) is 52.0 Å². The molecule has 1 aromatic carbocycles. The summed E-state index contributed by atoms with van der Waals surface area (Å²) in [5, 5.41) is 9.74. The summed E-state index contributed by atoms with van der Waals surface area (Å²) >= 11 is 0. The van der Waals surface area contributed by atoms with Crippen molar-refractivity contribution in [1.82, 2.24) is 0 Å². The average Bonchev–Trinajstić information content (AvgIpc) is 2.44. The van der Waals surface area contributed by atoms with Gasteiger partial charge in [-0.3, -0.25) is 0 Å². The Labute approximate surface area is 123 Å². The second kappa shape index (κ2) is 5.42. The third-order valence-electron chi connectivity index (χ3n) is 6.02. The van der Waals surface area contributed by atoms with Gasteiger partial charge in [-0.05, 0) is 59.8 Å². The largest absolute Gasteiger partial charge is 0.508 e. The summed E-state index contributed by atoms with van der Waals surface area (Å²) in [5.74, 6) is 2.22. The summed E-state index contributed by atoms with van der Waals surface area (Å²) in [6.45, 7) is 4.80. The summed E-state index contributed by atoms with van der Waals surface area (Å²) in [4.78, 5) is 0. The molecule has 1 fully saturated rings. The van der Waals surface area contributed by atoms with Gasteiger partial charge in [0.2, 0.25) is 0 Å². The van der Waals surface area contributed by atoms with Crippen LogP contribution in [0.5, 0.6) is 5.75 Å². The maximum atomic E-state index is 9.74. The van der Waals surface area contributed by atoms with Crippen molar-refractivity contribution in [3.05, 3.63) is 29.3 Å². The molecule has 3 rings (SSSR count). The van der Waals surface area contributed by atoms with Gasteiger partial charge in [-0.25, -0.2) is 0 Å². The Kier molecular flexibility index (Phi) is 3.79. The standard InChI is InChI=1S/C19H28O/c1-3-4-6-14-7-5-12-19(2)17(14)10-8-15-13-16(20)9-11-18(15)19/h9,11,13-14,17,20H,3-8,10,12H2,1-2H3/t14-,17+,19?/m0/s1. The van der Waals surface area contributed by atoms with Crippen LogP contribution in [-0.4, -0.2) is 5.11 Å². The van der Waals surface area contributed by atoms with Crippen molar-refractivity contribution in [3.63, 3.8) is 0 Å². The third kappa shape index (κ3) is 2.25. The third-order valence-corrected chi connectivity index (χ3v) is 6.02. The Bertz CT molecular complexity index is 479. The topological polar surface area (TPSA) is 20.2 Å². The molecular weight excluding hydrogens is 244 g/mol. The van der Waals surface area contributed by atoms with Crippen LogP contribution in [-0.2, 0) is 11.8 Å². The number of phenols is 1. The lowest BCUT2D eigenvalue weighted by Crippen LogP contribution is -2.44. The smallest absolute Gasteiger partial charge is 0.115 e. The second-order valence-electron chi connectivity index (χ2n) is 7.20. The Morgan fingerprint density at radius 2 is 2.15 bits per heavy atom. The first kappa shape index (κ1) is 14.0. The molecule has 0 radical (unpaired) electrons. The predicted molar refractivity (Wildman–Crippen MR) is 84.1 cm³/mol. The summed E-state index contributed by atoms with van der Waals surface area (Å²) in [7, 11) is 0. The number of benzene rings is 1. The van der Waals surface area contributed by atoms with Crippen LogP contribution >= 0.6 is 0 Å². The predicted octanol–water partition coefficient (Wildman–Crippen LogP) is 5.20. The van der Waals surface area contributed by atoms with Crippen LogP contribution in [0, 0.1) is 11.8 Å². The molecule has 20 heavy (non-hydrogen) atoms. The van der Waals surface area contributed by atoms with Gasteiger partial charge in [0.15, 0.2) is 0 Å². The number of hydrogen-bond donors (Lipinski definition) is 1. The fraction of sp³-hybridized carbons (Fsp3) is 0.684. The van der Waals surface area contributed by atoms with E-state index in [-0.39, 0.29) is 0 Å². The highest BCUT2D eigenvalue weighted by Crippen LogP contribution is 2.53. The molecule has 110 valence electrons. The number of unbranched alkanes of at least 4 members (excludes halogenated alkanes) is 1. The van der Waals surface area contributed by atoms with Gasteiger partial charge < -0.3 is 5.11 Å². The zero-order valence-electron chi connectivity index (χ0n) is 13.0. The van der Waals surface area contributed by atoms with Crippen molar-refractivity contribution >= 4 is 0 Å². The fourth-order valence-electron chi connectivity index (χ4n) is 4.99. The maximum absolute atomic E-state index is 9.74. The van der Waals surface area contributed by atoms with E-state index in [9.17, 15) is 5.11 Å². The van der Waals surface area contributed by atoms with E-state index in [0.717, 1.165) is 18.3 Å². The molecule has 1 unspecified atom stereocenters. The van der Waals surface area contributed by atoms with E-state index in [2.05, 4.69) is 19.9 Å². The maximum Gasteiger partial charge on any atom is 0.115 e. The normalized spacial score (nSPS) is 32.5. The zero-order chi connectivity index (χ0) is 14.2. The molecule has 1 nitrogen and oxygen atoms in total. The number of rotatable bonds is 3. The molecule has 1 aromatic rings. The Morgan fingerprint density at radius 3 is 2.95 bits per heavy atom. The molecule has 0 saturated heterocycles. The van der Waals surface area contributed by atoms with E-state index < -0.39 is 0 Å². The molecular formula is C19H28O. The van der Waals surface area contributed by atoms with Crippen LogP contribution in [0.3, 0.4) is 0 Å². The highest BCUT2D eigenvalue weighted by Gasteiger charge is 2.45. The van der Waals surface area contributed by atoms with Crippen molar-refractivity contribution in [1.29, 1.82) is 0 Å². The molecule has 1 saturated carbocycles. The van der Waals surface area contributed by atoms with Crippen LogP contribution in [0.15, 0.2) is 18.2 Å². The average molecular weight is 272 g/mol.